The van der Waals surface area contributed by atoms with E-state index < -0.39 is 0 Å². The van der Waals surface area contributed by atoms with Crippen LogP contribution in [-0.4, -0.2) is 5.78 Å². The van der Waals surface area contributed by atoms with E-state index in [9.17, 15) is 4.79 Å². The summed E-state index contributed by atoms with van der Waals surface area (Å²) in [7, 11) is 0. The Hall–Kier alpha value is -0.590. The van der Waals surface area contributed by atoms with E-state index in [-0.39, 0.29) is 11.3 Å². The fraction of sp³-hybridized carbons (Fsp3) is 0.870. The van der Waals surface area contributed by atoms with Gasteiger partial charge in [-0.1, -0.05) is 111 Å². The summed E-state index contributed by atoms with van der Waals surface area (Å²) in [6.07, 6.45) is 22.0. The normalized spacial score (nSPS) is 13.5. The topological polar surface area (TPSA) is 17.1 Å². The minimum Gasteiger partial charge on any atom is -0.299 e. The minimum absolute atomic E-state index is 0.151. The van der Waals surface area contributed by atoms with Crippen LogP contribution in [0, 0.1) is 11.3 Å². The highest BCUT2D eigenvalue weighted by molar-refractivity contribution is 5.85. The Morgan fingerprint density at radius 3 is 1.71 bits per heavy atom. The van der Waals surface area contributed by atoms with Gasteiger partial charge in [-0.3, -0.25) is 4.79 Å². The second-order valence-electron chi connectivity index (χ2n) is 8.55. The molecule has 0 spiro atoms. The molecular weight excluding hydrogens is 292 g/mol. The van der Waals surface area contributed by atoms with Crippen molar-refractivity contribution in [3.63, 3.8) is 0 Å². The van der Waals surface area contributed by atoms with Gasteiger partial charge in [0.1, 0.15) is 5.78 Å². The van der Waals surface area contributed by atoms with Crippen LogP contribution in [0.2, 0.25) is 0 Å². The molecule has 0 rings (SSSR count). The lowest BCUT2D eigenvalue weighted by molar-refractivity contribution is -0.129. The first-order chi connectivity index (χ1) is 11.4. The fourth-order valence-electron chi connectivity index (χ4n) is 3.19. The summed E-state index contributed by atoms with van der Waals surface area (Å²) >= 11 is 0. The van der Waals surface area contributed by atoms with Crippen LogP contribution in [0.1, 0.15) is 118 Å². The highest BCUT2D eigenvalue weighted by atomic mass is 16.1. The second-order valence-corrected chi connectivity index (χ2v) is 8.55. The molecule has 1 heteroatoms. The van der Waals surface area contributed by atoms with Gasteiger partial charge in [-0.15, -0.1) is 0 Å². The van der Waals surface area contributed by atoms with Gasteiger partial charge in [0.25, 0.3) is 0 Å². The first kappa shape index (κ1) is 23.4. The Labute approximate surface area is 152 Å². The van der Waals surface area contributed by atoms with E-state index in [0.29, 0.717) is 5.78 Å². The number of carbonyl (C=O) groups is 1. The highest BCUT2D eigenvalue weighted by Gasteiger charge is 2.25. The average Bonchev–Trinajstić information content (AvgIpc) is 2.53. The Balaban J connectivity index is 3.40. The van der Waals surface area contributed by atoms with Crippen LogP contribution in [0.15, 0.2) is 12.2 Å². The van der Waals surface area contributed by atoms with Crippen LogP contribution >= 0.6 is 0 Å². The molecule has 1 nitrogen and oxygen atoms in total. The predicted molar refractivity (Wildman–Crippen MR) is 108 cm³/mol. The molecule has 0 aliphatic carbocycles. The first-order valence-electron chi connectivity index (χ1n) is 10.6. The molecule has 1 unspecified atom stereocenters. The van der Waals surface area contributed by atoms with Gasteiger partial charge < -0.3 is 0 Å². The third-order valence-electron chi connectivity index (χ3n) is 4.82. The van der Waals surface area contributed by atoms with Crippen molar-refractivity contribution in [2.24, 2.45) is 11.3 Å². The van der Waals surface area contributed by atoms with Crippen LogP contribution in [0.5, 0.6) is 0 Å². The summed E-state index contributed by atoms with van der Waals surface area (Å²) in [4.78, 5) is 12.1. The largest absolute Gasteiger partial charge is 0.299 e. The molecule has 0 N–H and O–H groups in total. The molecule has 0 saturated heterocycles. The van der Waals surface area contributed by atoms with Crippen LogP contribution in [0.25, 0.3) is 0 Å². The molecule has 0 aliphatic rings. The second kappa shape index (κ2) is 14.7. The van der Waals surface area contributed by atoms with Crippen molar-refractivity contribution in [1.82, 2.24) is 0 Å². The van der Waals surface area contributed by atoms with Crippen LogP contribution in [-0.2, 0) is 4.79 Å². The molecule has 0 aromatic heterocycles. The lowest BCUT2D eigenvalue weighted by atomic mass is 9.82. The molecular formula is C23H44O. The summed E-state index contributed by atoms with van der Waals surface area (Å²) in [6, 6.07) is 0. The van der Waals surface area contributed by atoms with Gasteiger partial charge in [0.15, 0.2) is 0 Å². The van der Waals surface area contributed by atoms with Crippen molar-refractivity contribution in [3.8, 4) is 0 Å². The Bertz CT molecular complexity index is 321. The molecule has 0 bridgehead atoms. The molecule has 0 aromatic rings. The van der Waals surface area contributed by atoms with Crippen LogP contribution in [0.4, 0.5) is 0 Å². The van der Waals surface area contributed by atoms with E-state index in [4.69, 9.17) is 0 Å². The van der Waals surface area contributed by atoms with Crippen LogP contribution in [0.3, 0.4) is 0 Å². The number of ketones is 1. The maximum absolute atomic E-state index is 12.1. The van der Waals surface area contributed by atoms with Crippen molar-refractivity contribution in [3.05, 3.63) is 12.2 Å². The van der Waals surface area contributed by atoms with Crippen LogP contribution < -0.4 is 0 Å². The van der Waals surface area contributed by atoms with E-state index >= 15 is 0 Å². The number of hydrogen-bond acceptors (Lipinski definition) is 1. The molecule has 0 heterocycles. The maximum Gasteiger partial charge on any atom is 0.141 e. The summed E-state index contributed by atoms with van der Waals surface area (Å²) in [5.41, 5.74) is -0.205. The van der Waals surface area contributed by atoms with Crippen molar-refractivity contribution >= 4 is 5.78 Å². The lowest BCUT2D eigenvalue weighted by Gasteiger charge is -2.20. The fourth-order valence-corrected chi connectivity index (χ4v) is 3.19. The zero-order chi connectivity index (χ0) is 18.3. The maximum atomic E-state index is 12.1. The first-order valence-corrected chi connectivity index (χ1v) is 10.6. The van der Waals surface area contributed by atoms with E-state index in [2.05, 4.69) is 26.0 Å². The van der Waals surface area contributed by atoms with Gasteiger partial charge in [-0.05, 0) is 19.3 Å². The van der Waals surface area contributed by atoms with E-state index in [1.54, 1.807) is 0 Å². The standard InChI is InChI=1S/C23H44O/c1-6-7-8-9-10-11-12-13-14-15-16-17-18-19-20-21(2)22(24)23(3,4)5/h18-19,21H,6-17,20H2,1-5H3. The lowest BCUT2D eigenvalue weighted by Crippen LogP contribution is -2.26. The SMILES string of the molecule is CCCCCCCCCCCCCC=CCC(C)C(=O)C(C)(C)C. The molecule has 24 heavy (non-hydrogen) atoms. The van der Waals surface area contributed by atoms with Crippen molar-refractivity contribution in [1.29, 1.82) is 0 Å². The smallest absolute Gasteiger partial charge is 0.141 e. The molecule has 1 atom stereocenters. The third kappa shape index (κ3) is 13.8. The van der Waals surface area contributed by atoms with Gasteiger partial charge in [0.05, 0.1) is 0 Å². The summed E-state index contributed by atoms with van der Waals surface area (Å²) in [5.74, 6) is 0.528. The Morgan fingerprint density at radius 1 is 0.792 bits per heavy atom. The monoisotopic (exact) mass is 336 g/mol. The Kier molecular flexibility index (Phi) is 14.4. The molecule has 0 aliphatic heterocycles. The number of hydrogen-bond donors (Lipinski definition) is 0. The van der Waals surface area contributed by atoms with Gasteiger partial charge in [-0.25, -0.2) is 0 Å². The van der Waals surface area contributed by atoms with E-state index in [1.165, 1.54) is 77.0 Å². The summed E-state index contributed by atoms with van der Waals surface area (Å²) < 4.78 is 0. The zero-order valence-corrected chi connectivity index (χ0v) is 17.3. The summed E-state index contributed by atoms with van der Waals surface area (Å²) in [5, 5.41) is 0. The molecule has 0 radical (unpaired) electrons. The van der Waals surface area contributed by atoms with Crippen molar-refractivity contribution in [2.75, 3.05) is 0 Å². The van der Waals surface area contributed by atoms with Gasteiger partial charge >= 0.3 is 0 Å². The van der Waals surface area contributed by atoms with Gasteiger partial charge in [-0.2, -0.15) is 0 Å². The summed E-state index contributed by atoms with van der Waals surface area (Å²) in [6.45, 7) is 10.4. The Morgan fingerprint density at radius 2 is 1.25 bits per heavy atom. The molecule has 0 amide bonds. The molecule has 0 saturated carbocycles. The quantitative estimate of drug-likeness (QED) is 0.219. The minimum atomic E-state index is -0.205. The third-order valence-corrected chi connectivity index (χ3v) is 4.82. The van der Waals surface area contributed by atoms with E-state index in [1.807, 2.05) is 20.8 Å². The average molecular weight is 337 g/mol. The van der Waals surface area contributed by atoms with Crippen molar-refractivity contribution in [2.45, 2.75) is 118 Å². The number of rotatable bonds is 15. The molecule has 142 valence electrons. The van der Waals surface area contributed by atoms with Gasteiger partial charge in [0.2, 0.25) is 0 Å². The number of carbonyl (C=O) groups excluding carboxylic acids is 1. The molecule has 0 fully saturated rings. The van der Waals surface area contributed by atoms with Gasteiger partial charge in [0, 0.05) is 11.3 Å². The number of unbranched alkanes of at least 4 members (excludes halogenated alkanes) is 11. The molecule has 0 aromatic carbocycles. The predicted octanol–water partition coefficient (Wildman–Crippen LogP) is 7.89. The number of allylic oxidation sites excluding steroid dienone is 2. The zero-order valence-electron chi connectivity index (χ0n) is 17.3. The van der Waals surface area contributed by atoms with E-state index in [0.717, 1.165) is 6.42 Å². The van der Waals surface area contributed by atoms with Crippen molar-refractivity contribution < 1.29 is 4.79 Å². The number of Topliss-reactive ketones (excluding diaryl/α,β-unsaturated/α-hetero) is 1. The highest BCUT2D eigenvalue weighted by Crippen LogP contribution is 2.22.